The van der Waals surface area contributed by atoms with Gasteiger partial charge in [0.1, 0.15) is 11.5 Å². The lowest BCUT2D eigenvalue weighted by Crippen LogP contribution is -2.23. The van der Waals surface area contributed by atoms with Crippen LogP contribution in [0.25, 0.3) is 28.1 Å². The molecule has 4 rings (SSSR count). The predicted octanol–water partition coefficient (Wildman–Crippen LogP) is 3.79. The summed E-state index contributed by atoms with van der Waals surface area (Å²) in [5, 5.41) is 16.3. The van der Waals surface area contributed by atoms with Crippen LogP contribution in [0.5, 0.6) is 0 Å². The van der Waals surface area contributed by atoms with Crippen LogP contribution in [0, 0.1) is 12.7 Å². The number of benzene rings is 1. The van der Waals surface area contributed by atoms with Crippen LogP contribution in [0.1, 0.15) is 11.3 Å². The maximum Gasteiger partial charge on any atom is 0.131 e. The van der Waals surface area contributed by atoms with Crippen molar-refractivity contribution in [2.75, 3.05) is 19.7 Å². The molecule has 6 heteroatoms. The number of allylic oxidation sites excluding steroid dienone is 2. The van der Waals surface area contributed by atoms with Gasteiger partial charge < -0.3 is 10.0 Å². The topological polar surface area (TPSA) is 65.0 Å². The van der Waals surface area contributed by atoms with Gasteiger partial charge in [0.05, 0.1) is 12.3 Å². The van der Waals surface area contributed by atoms with Crippen molar-refractivity contribution < 1.29 is 9.50 Å². The number of pyridine rings is 1. The molecule has 5 nitrogen and oxygen atoms in total. The van der Waals surface area contributed by atoms with Crippen LogP contribution in [0.3, 0.4) is 0 Å². The van der Waals surface area contributed by atoms with Crippen molar-refractivity contribution in [3.63, 3.8) is 0 Å². The highest BCUT2D eigenvalue weighted by atomic mass is 19.1. The van der Waals surface area contributed by atoms with Crippen molar-refractivity contribution in [1.82, 2.24) is 20.1 Å². The summed E-state index contributed by atoms with van der Waals surface area (Å²) in [7, 11) is 0. The highest BCUT2D eigenvalue weighted by Crippen LogP contribution is 2.32. The first-order valence-electron chi connectivity index (χ1n) is 9.17. The molecular weight excluding hydrogens is 355 g/mol. The number of nitrogens with one attached hydrogen (secondary N) is 1. The Morgan fingerprint density at radius 3 is 2.86 bits per heavy atom. The van der Waals surface area contributed by atoms with Crippen LogP contribution >= 0.6 is 0 Å². The van der Waals surface area contributed by atoms with Crippen molar-refractivity contribution in [3.05, 3.63) is 78.0 Å². The number of nitrogens with zero attached hydrogens (tertiary/aromatic N) is 3. The van der Waals surface area contributed by atoms with Crippen LogP contribution in [0.2, 0.25) is 0 Å². The van der Waals surface area contributed by atoms with Crippen molar-refractivity contribution in [2.45, 2.75) is 6.92 Å². The minimum absolute atomic E-state index is 0.0909. The minimum Gasteiger partial charge on any atom is -0.395 e. The van der Waals surface area contributed by atoms with Crippen molar-refractivity contribution in [1.29, 1.82) is 0 Å². The maximum atomic E-state index is 14.6. The molecular formula is C22H21FN4O. The highest BCUT2D eigenvalue weighted by Gasteiger charge is 2.16. The average Bonchev–Trinajstić information content (AvgIpc) is 3.19. The number of hydrogen-bond donors (Lipinski definition) is 2. The molecule has 0 aliphatic carbocycles. The zero-order valence-electron chi connectivity index (χ0n) is 15.6. The molecule has 0 unspecified atom stereocenters. The van der Waals surface area contributed by atoms with E-state index < -0.39 is 0 Å². The number of rotatable bonds is 5. The van der Waals surface area contributed by atoms with E-state index in [-0.39, 0.29) is 12.4 Å². The van der Waals surface area contributed by atoms with Gasteiger partial charge in [0.15, 0.2) is 0 Å². The second-order valence-electron chi connectivity index (χ2n) is 6.70. The molecule has 0 saturated heterocycles. The summed E-state index contributed by atoms with van der Waals surface area (Å²) in [4.78, 5) is 6.53. The number of aromatic nitrogens is 3. The molecule has 3 aromatic rings. The Bertz CT molecular complexity index is 1050. The monoisotopic (exact) mass is 376 g/mol. The Morgan fingerprint density at radius 1 is 1.21 bits per heavy atom. The highest BCUT2D eigenvalue weighted by molar-refractivity contribution is 5.83. The summed E-state index contributed by atoms with van der Waals surface area (Å²) in [6.45, 7) is 3.23. The first-order valence-corrected chi connectivity index (χ1v) is 9.17. The molecule has 0 atom stereocenters. The van der Waals surface area contributed by atoms with E-state index in [0.717, 1.165) is 33.8 Å². The Hall–Kier alpha value is -3.25. The summed E-state index contributed by atoms with van der Waals surface area (Å²) in [5.74, 6) is -0.269. The third-order valence-electron chi connectivity index (χ3n) is 4.76. The predicted molar refractivity (Wildman–Crippen MR) is 108 cm³/mol. The summed E-state index contributed by atoms with van der Waals surface area (Å²) in [6.07, 6.45) is 7.54. The van der Waals surface area contributed by atoms with Gasteiger partial charge in [-0.15, -0.1) is 0 Å². The number of H-pyrrole nitrogens is 1. The fraction of sp³-hybridized carbons (Fsp3) is 0.182. The lowest BCUT2D eigenvalue weighted by molar-refractivity contribution is 0.245. The number of aliphatic hydroxyl groups is 1. The Morgan fingerprint density at radius 2 is 2.11 bits per heavy atom. The van der Waals surface area contributed by atoms with Gasteiger partial charge in [-0.1, -0.05) is 18.2 Å². The Labute approximate surface area is 162 Å². The van der Waals surface area contributed by atoms with E-state index in [4.69, 9.17) is 5.11 Å². The fourth-order valence-electron chi connectivity index (χ4n) is 3.32. The van der Waals surface area contributed by atoms with Gasteiger partial charge in [-0.3, -0.25) is 10.1 Å². The molecule has 28 heavy (non-hydrogen) atoms. The van der Waals surface area contributed by atoms with Gasteiger partial charge in [-0.25, -0.2) is 4.39 Å². The third kappa shape index (κ3) is 3.59. The maximum absolute atomic E-state index is 14.6. The smallest absolute Gasteiger partial charge is 0.131 e. The molecule has 1 aliphatic heterocycles. The number of hydrogen-bond acceptors (Lipinski definition) is 4. The first-order chi connectivity index (χ1) is 13.7. The van der Waals surface area contributed by atoms with Crippen LogP contribution in [-0.4, -0.2) is 44.9 Å². The Kier molecular flexibility index (Phi) is 5.04. The summed E-state index contributed by atoms with van der Waals surface area (Å²) in [5.41, 5.74) is 5.55. The fourth-order valence-corrected chi connectivity index (χ4v) is 3.32. The molecule has 142 valence electrons. The Balaban J connectivity index is 1.70. The van der Waals surface area contributed by atoms with E-state index in [1.807, 2.05) is 60.6 Å². The standard InChI is InChI=1S/C22H21FN4O/c1-15-3-2-4-21(25-15)22-19(14-24-26-22)17-5-6-20(23)18(13-17)16-7-9-27(10-8-16)11-12-28/h2-9,13-14,28H,10-12H2,1H3,(H,24,26). The molecule has 0 amide bonds. The molecule has 0 spiro atoms. The van der Waals surface area contributed by atoms with E-state index in [9.17, 15) is 4.39 Å². The molecule has 0 fully saturated rings. The van der Waals surface area contributed by atoms with Crippen LogP contribution in [0.4, 0.5) is 4.39 Å². The second-order valence-corrected chi connectivity index (χ2v) is 6.70. The zero-order chi connectivity index (χ0) is 19.5. The van der Waals surface area contributed by atoms with Gasteiger partial charge in [0.25, 0.3) is 0 Å². The molecule has 2 aromatic heterocycles. The average molecular weight is 376 g/mol. The molecule has 0 saturated carbocycles. The molecule has 3 heterocycles. The van der Waals surface area contributed by atoms with Gasteiger partial charge in [-0.2, -0.15) is 5.10 Å². The zero-order valence-corrected chi connectivity index (χ0v) is 15.6. The minimum atomic E-state index is -0.269. The second kappa shape index (κ2) is 7.78. The summed E-state index contributed by atoms with van der Waals surface area (Å²) < 4.78 is 14.6. The van der Waals surface area contributed by atoms with E-state index in [2.05, 4.69) is 15.2 Å². The van der Waals surface area contributed by atoms with Crippen molar-refractivity contribution >= 4 is 5.57 Å². The normalized spacial score (nSPS) is 13.7. The third-order valence-corrected chi connectivity index (χ3v) is 4.76. The van der Waals surface area contributed by atoms with Gasteiger partial charge >= 0.3 is 0 Å². The number of aromatic amines is 1. The SMILES string of the molecule is Cc1cccc(-c2n[nH]cc2-c2ccc(F)c(C3=CCN(CCO)C=C3)c2)n1. The van der Waals surface area contributed by atoms with E-state index in [1.165, 1.54) is 6.07 Å². The molecule has 1 aromatic carbocycles. The van der Waals surface area contributed by atoms with E-state index >= 15 is 0 Å². The van der Waals surface area contributed by atoms with Gasteiger partial charge in [0.2, 0.25) is 0 Å². The van der Waals surface area contributed by atoms with Gasteiger partial charge in [0, 0.05) is 42.3 Å². The van der Waals surface area contributed by atoms with E-state index in [0.29, 0.717) is 18.7 Å². The molecule has 0 radical (unpaired) electrons. The van der Waals surface area contributed by atoms with E-state index in [1.54, 1.807) is 6.07 Å². The lowest BCUT2D eigenvalue weighted by atomic mass is 9.97. The first kappa shape index (κ1) is 18.1. The van der Waals surface area contributed by atoms with Crippen LogP contribution in [-0.2, 0) is 0 Å². The van der Waals surface area contributed by atoms with Crippen molar-refractivity contribution in [3.8, 4) is 22.5 Å². The number of β-amino-alcohol motifs (C(OH)–C–C–N with tert-alkyl or cyclic N) is 1. The van der Waals surface area contributed by atoms with Crippen molar-refractivity contribution in [2.24, 2.45) is 0 Å². The van der Waals surface area contributed by atoms with Crippen LogP contribution in [0.15, 0.2) is 60.9 Å². The quantitative estimate of drug-likeness (QED) is 0.711. The summed E-state index contributed by atoms with van der Waals surface area (Å²) >= 11 is 0. The summed E-state index contributed by atoms with van der Waals surface area (Å²) in [6, 6.07) is 10.9. The largest absolute Gasteiger partial charge is 0.395 e. The molecule has 0 bridgehead atoms. The number of halogens is 1. The molecule has 1 aliphatic rings. The van der Waals surface area contributed by atoms with Gasteiger partial charge in [-0.05, 0) is 48.4 Å². The number of aryl methyl sites for hydroxylation is 1. The molecule has 2 N–H and O–H groups in total. The van der Waals surface area contributed by atoms with Crippen LogP contribution < -0.4 is 0 Å². The lowest BCUT2D eigenvalue weighted by Gasteiger charge is -2.22. The number of aliphatic hydroxyl groups excluding tert-OH is 1.